The molecule has 0 atom stereocenters. The Morgan fingerprint density at radius 1 is 1.00 bits per heavy atom. The molecule has 3 heterocycles. The Morgan fingerprint density at radius 2 is 1.75 bits per heavy atom. The lowest BCUT2D eigenvalue weighted by Gasteiger charge is -2.29. The molecule has 0 aliphatic heterocycles. The number of hydrogen-bond acceptors (Lipinski definition) is 7. The molecule has 0 aromatic carbocycles. The number of nitrogens with zero attached hydrogens (tertiary/aromatic N) is 6. The van der Waals surface area contributed by atoms with Crippen LogP contribution in [0.1, 0.15) is 39.1 Å². The van der Waals surface area contributed by atoms with Crippen LogP contribution in [0.15, 0.2) is 36.5 Å². The highest BCUT2D eigenvalue weighted by molar-refractivity contribution is 5.59. The van der Waals surface area contributed by atoms with Gasteiger partial charge in [-0.15, -0.1) is 0 Å². The SMILES string of the molecule is CCN(CC(C)(C)C)c1nc(Nc2ccnc(C(F)(F)F)c2)nc(-c2cccc(C)n2)n1. The van der Waals surface area contributed by atoms with Crippen LogP contribution in [-0.4, -0.2) is 38.0 Å². The average Bonchev–Trinajstić information content (AvgIpc) is 2.71. The van der Waals surface area contributed by atoms with Crippen LogP contribution in [0.4, 0.5) is 30.8 Å². The highest BCUT2D eigenvalue weighted by atomic mass is 19.4. The molecule has 0 aliphatic carbocycles. The van der Waals surface area contributed by atoms with Gasteiger partial charge in [-0.3, -0.25) is 4.98 Å². The minimum Gasteiger partial charge on any atom is -0.340 e. The molecule has 0 amide bonds. The van der Waals surface area contributed by atoms with E-state index < -0.39 is 11.9 Å². The summed E-state index contributed by atoms with van der Waals surface area (Å²) in [5, 5.41) is 2.87. The van der Waals surface area contributed by atoms with Gasteiger partial charge in [-0.2, -0.15) is 28.1 Å². The van der Waals surface area contributed by atoms with Crippen LogP contribution >= 0.6 is 0 Å². The van der Waals surface area contributed by atoms with Crippen molar-refractivity contribution in [2.24, 2.45) is 5.41 Å². The third-order valence-electron chi connectivity index (χ3n) is 4.38. The Bertz CT molecular complexity index is 1080. The quantitative estimate of drug-likeness (QED) is 0.553. The van der Waals surface area contributed by atoms with E-state index in [1.54, 1.807) is 6.07 Å². The normalized spacial score (nSPS) is 12.0. The molecule has 0 saturated carbocycles. The van der Waals surface area contributed by atoms with Gasteiger partial charge >= 0.3 is 6.18 Å². The first-order valence-electron chi connectivity index (χ1n) is 10.2. The molecule has 3 aromatic heterocycles. The standard InChI is InChI=1S/C22H26F3N7/c1-6-32(13-21(3,4)5)20-30-18(16-9-7-8-14(2)27-16)29-19(31-20)28-15-10-11-26-17(12-15)22(23,24)25/h7-12H,6,13H2,1-5H3,(H,26,28,29,30,31). The highest BCUT2D eigenvalue weighted by Gasteiger charge is 2.32. The van der Waals surface area contributed by atoms with Gasteiger partial charge in [0.15, 0.2) is 5.82 Å². The van der Waals surface area contributed by atoms with E-state index in [1.165, 1.54) is 6.07 Å². The van der Waals surface area contributed by atoms with Crippen molar-refractivity contribution in [3.63, 3.8) is 0 Å². The summed E-state index contributed by atoms with van der Waals surface area (Å²) in [4.78, 5) is 23.4. The molecule has 3 rings (SSSR count). The van der Waals surface area contributed by atoms with Crippen LogP contribution in [0.3, 0.4) is 0 Å². The summed E-state index contributed by atoms with van der Waals surface area (Å²) in [5.74, 6) is 0.877. The molecule has 170 valence electrons. The van der Waals surface area contributed by atoms with E-state index in [4.69, 9.17) is 0 Å². The van der Waals surface area contributed by atoms with Gasteiger partial charge in [-0.05, 0) is 43.5 Å². The maximum absolute atomic E-state index is 13.1. The predicted molar refractivity (Wildman–Crippen MR) is 118 cm³/mol. The van der Waals surface area contributed by atoms with Gasteiger partial charge in [0.25, 0.3) is 0 Å². The van der Waals surface area contributed by atoms with Crippen LogP contribution in [0.25, 0.3) is 11.5 Å². The van der Waals surface area contributed by atoms with Crippen molar-refractivity contribution >= 4 is 17.6 Å². The van der Waals surface area contributed by atoms with Gasteiger partial charge < -0.3 is 10.2 Å². The fraction of sp³-hybridized carbons (Fsp3) is 0.409. The molecule has 0 spiro atoms. The maximum atomic E-state index is 13.1. The summed E-state index contributed by atoms with van der Waals surface area (Å²) in [7, 11) is 0. The van der Waals surface area contributed by atoms with Crippen molar-refractivity contribution in [2.45, 2.75) is 40.8 Å². The van der Waals surface area contributed by atoms with Gasteiger partial charge in [0, 0.05) is 30.7 Å². The first-order chi connectivity index (χ1) is 14.9. The van der Waals surface area contributed by atoms with Crippen molar-refractivity contribution < 1.29 is 13.2 Å². The summed E-state index contributed by atoms with van der Waals surface area (Å²) in [6, 6.07) is 7.83. The molecule has 0 aliphatic rings. The smallest absolute Gasteiger partial charge is 0.340 e. The maximum Gasteiger partial charge on any atom is 0.433 e. The van der Waals surface area contributed by atoms with E-state index in [0.29, 0.717) is 30.6 Å². The first kappa shape index (κ1) is 23.4. The molecule has 0 bridgehead atoms. The van der Waals surface area contributed by atoms with E-state index in [2.05, 4.69) is 51.0 Å². The molecule has 10 heteroatoms. The summed E-state index contributed by atoms with van der Waals surface area (Å²) in [5.41, 5.74) is 0.496. The summed E-state index contributed by atoms with van der Waals surface area (Å²) < 4.78 is 39.2. The zero-order valence-electron chi connectivity index (χ0n) is 18.7. The number of nitrogens with one attached hydrogen (secondary N) is 1. The molecule has 0 saturated heterocycles. The van der Waals surface area contributed by atoms with Gasteiger partial charge in [0.2, 0.25) is 11.9 Å². The Labute approximate surface area is 185 Å². The summed E-state index contributed by atoms with van der Waals surface area (Å²) >= 11 is 0. The number of alkyl halides is 3. The van der Waals surface area contributed by atoms with E-state index in [9.17, 15) is 13.2 Å². The van der Waals surface area contributed by atoms with Crippen molar-refractivity contribution in [1.82, 2.24) is 24.9 Å². The number of aromatic nitrogens is 5. The molecule has 1 N–H and O–H groups in total. The lowest BCUT2D eigenvalue weighted by atomic mass is 9.96. The second kappa shape index (κ2) is 9.05. The molecule has 7 nitrogen and oxygen atoms in total. The van der Waals surface area contributed by atoms with Gasteiger partial charge in [0.1, 0.15) is 11.4 Å². The second-order valence-corrected chi connectivity index (χ2v) is 8.57. The van der Waals surface area contributed by atoms with Crippen LogP contribution in [0, 0.1) is 12.3 Å². The fourth-order valence-corrected chi connectivity index (χ4v) is 3.03. The fourth-order valence-electron chi connectivity index (χ4n) is 3.03. The van der Waals surface area contributed by atoms with Crippen LogP contribution in [0.2, 0.25) is 0 Å². The minimum absolute atomic E-state index is 0.0231. The Hall–Kier alpha value is -3.30. The van der Waals surface area contributed by atoms with Crippen molar-refractivity contribution in [2.75, 3.05) is 23.3 Å². The zero-order chi connectivity index (χ0) is 23.5. The van der Waals surface area contributed by atoms with Crippen LogP contribution < -0.4 is 10.2 Å². The van der Waals surface area contributed by atoms with E-state index in [-0.39, 0.29) is 17.1 Å². The zero-order valence-corrected chi connectivity index (χ0v) is 18.7. The predicted octanol–water partition coefficient (Wildman–Crippen LogP) is 5.27. The Balaban J connectivity index is 2.06. The minimum atomic E-state index is -4.55. The van der Waals surface area contributed by atoms with Crippen molar-refractivity contribution in [3.8, 4) is 11.5 Å². The molecule has 0 unspecified atom stereocenters. The lowest BCUT2D eigenvalue weighted by molar-refractivity contribution is -0.141. The highest BCUT2D eigenvalue weighted by Crippen LogP contribution is 2.30. The van der Waals surface area contributed by atoms with Crippen LogP contribution in [0.5, 0.6) is 0 Å². The molecular formula is C22H26F3N7. The number of anilines is 3. The first-order valence-corrected chi connectivity index (χ1v) is 10.2. The second-order valence-electron chi connectivity index (χ2n) is 8.57. The Kier molecular flexibility index (Phi) is 6.61. The molecule has 0 fully saturated rings. The van der Waals surface area contributed by atoms with E-state index in [1.807, 2.05) is 30.9 Å². The molecular weight excluding hydrogens is 419 g/mol. The van der Waals surface area contributed by atoms with Gasteiger partial charge in [-0.25, -0.2) is 4.98 Å². The van der Waals surface area contributed by atoms with E-state index >= 15 is 0 Å². The number of rotatable bonds is 6. The molecule has 32 heavy (non-hydrogen) atoms. The number of aryl methyl sites for hydroxylation is 1. The summed E-state index contributed by atoms with van der Waals surface area (Å²) in [6.07, 6.45) is -3.46. The lowest BCUT2D eigenvalue weighted by Crippen LogP contribution is -2.34. The van der Waals surface area contributed by atoms with Crippen molar-refractivity contribution in [3.05, 3.63) is 47.9 Å². The monoisotopic (exact) mass is 445 g/mol. The molecule has 3 aromatic rings. The van der Waals surface area contributed by atoms with Gasteiger partial charge in [-0.1, -0.05) is 26.8 Å². The average molecular weight is 445 g/mol. The third kappa shape index (κ3) is 6.12. The summed E-state index contributed by atoms with van der Waals surface area (Å²) in [6.45, 7) is 11.5. The van der Waals surface area contributed by atoms with Crippen LogP contribution in [-0.2, 0) is 6.18 Å². The molecule has 0 radical (unpaired) electrons. The van der Waals surface area contributed by atoms with Crippen molar-refractivity contribution in [1.29, 1.82) is 0 Å². The largest absolute Gasteiger partial charge is 0.433 e. The third-order valence-corrected chi connectivity index (χ3v) is 4.38. The number of pyridine rings is 2. The van der Waals surface area contributed by atoms with Gasteiger partial charge in [0.05, 0.1) is 0 Å². The Morgan fingerprint density at radius 3 is 2.38 bits per heavy atom. The topological polar surface area (TPSA) is 79.7 Å². The van der Waals surface area contributed by atoms with E-state index in [0.717, 1.165) is 18.0 Å². The number of halogens is 3. The number of hydrogen-bond donors (Lipinski definition) is 1.